The Bertz CT molecular complexity index is 1240. The number of hydrogen-bond acceptors (Lipinski definition) is 5. The second-order valence-corrected chi connectivity index (χ2v) is 6.31. The molecule has 1 aromatic carbocycles. The van der Waals surface area contributed by atoms with E-state index in [0.29, 0.717) is 10.7 Å². The monoisotopic (exact) mass is 370 g/mol. The van der Waals surface area contributed by atoms with Crippen molar-refractivity contribution < 1.29 is 9.59 Å². The standard InChI is InChI=1S/C17H11ClN4O4/c1-20-13-12(15(24)21(2)17(20)26)11-10(7-19-13)14(23)22(16(11)25)9-5-3-8(18)4-6-9/h3-7H,1-2H3. The van der Waals surface area contributed by atoms with Crippen LogP contribution in [0.2, 0.25) is 5.02 Å². The maximum atomic E-state index is 13.0. The average Bonchev–Trinajstić information content (AvgIpc) is 2.89. The van der Waals surface area contributed by atoms with E-state index in [4.69, 9.17) is 11.6 Å². The average molecular weight is 371 g/mol. The number of benzene rings is 1. The van der Waals surface area contributed by atoms with E-state index < -0.39 is 23.1 Å². The minimum atomic E-state index is -0.674. The van der Waals surface area contributed by atoms with E-state index in [9.17, 15) is 19.2 Å². The summed E-state index contributed by atoms with van der Waals surface area (Å²) in [6.07, 6.45) is 1.21. The van der Waals surface area contributed by atoms with Crippen molar-refractivity contribution in [3.8, 4) is 0 Å². The quantitative estimate of drug-likeness (QED) is 0.597. The molecule has 0 fully saturated rings. The van der Waals surface area contributed by atoms with E-state index in [1.807, 2.05) is 0 Å². The number of pyridine rings is 1. The third-order valence-electron chi connectivity index (χ3n) is 4.40. The van der Waals surface area contributed by atoms with Crippen LogP contribution in [0.15, 0.2) is 40.1 Å². The van der Waals surface area contributed by atoms with Gasteiger partial charge in [0, 0.05) is 25.3 Å². The van der Waals surface area contributed by atoms with Crippen molar-refractivity contribution in [1.82, 2.24) is 14.1 Å². The first-order valence-corrected chi connectivity index (χ1v) is 7.93. The third-order valence-corrected chi connectivity index (χ3v) is 4.66. The summed E-state index contributed by atoms with van der Waals surface area (Å²) >= 11 is 5.85. The Kier molecular flexibility index (Phi) is 3.35. The van der Waals surface area contributed by atoms with E-state index in [0.717, 1.165) is 9.47 Å². The smallest absolute Gasteiger partial charge is 0.280 e. The molecule has 0 radical (unpaired) electrons. The van der Waals surface area contributed by atoms with Crippen molar-refractivity contribution >= 4 is 40.1 Å². The normalized spacial score (nSPS) is 13.6. The number of halogens is 1. The fraction of sp³-hybridized carbons (Fsp3) is 0.118. The summed E-state index contributed by atoms with van der Waals surface area (Å²) in [6, 6.07) is 6.18. The lowest BCUT2D eigenvalue weighted by molar-refractivity contribution is 0.0926. The number of carbonyl (C=O) groups is 2. The van der Waals surface area contributed by atoms with Crippen molar-refractivity contribution in [1.29, 1.82) is 0 Å². The van der Waals surface area contributed by atoms with E-state index >= 15 is 0 Å². The maximum absolute atomic E-state index is 13.0. The van der Waals surface area contributed by atoms with Gasteiger partial charge in [0.2, 0.25) is 0 Å². The molecule has 0 unspecified atom stereocenters. The highest BCUT2D eigenvalue weighted by atomic mass is 35.5. The van der Waals surface area contributed by atoms with Crippen LogP contribution < -0.4 is 16.1 Å². The molecule has 8 nitrogen and oxygen atoms in total. The Hall–Kier alpha value is -3.26. The molecule has 2 amide bonds. The lowest BCUT2D eigenvalue weighted by Gasteiger charge is -2.13. The summed E-state index contributed by atoms with van der Waals surface area (Å²) in [5.74, 6) is -1.23. The first kappa shape index (κ1) is 16.2. The SMILES string of the molecule is Cn1c(=O)c2c3c(cnc2n(C)c1=O)C(=O)N(c1ccc(Cl)cc1)C3=O. The predicted octanol–water partition coefficient (Wildman–Crippen LogP) is 1.09. The Morgan fingerprint density at radius 3 is 2.23 bits per heavy atom. The molecule has 3 heterocycles. The first-order chi connectivity index (χ1) is 12.3. The van der Waals surface area contributed by atoms with Crippen LogP contribution in [0, 0.1) is 0 Å². The Labute approximate surface area is 150 Å². The van der Waals surface area contributed by atoms with Crippen LogP contribution in [0.5, 0.6) is 0 Å². The molecular weight excluding hydrogens is 360 g/mol. The number of hydrogen-bond donors (Lipinski definition) is 0. The summed E-state index contributed by atoms with van der Waals surface area (Å²) in [6.45, 7) is 0. The molecule has 1 aliphatic heterocycles. The van der Waals surface area contributed by atoms with E-state index in [1.54, 1.807) is 12.1 Å². The second-order valence-electron chi connectivity index (χ2n) is 5.87. The van der Waals surface area contributed by atoms with Crippen molar-refractivity contribution in [2.24, 2.45) is 14.1 Å². The predicted molar refractivity (Wildman–Crippen MR) is 94.8 cm³/mol. The zero-order valence-corrected chi connectivity index (χ0v) is 14.4. The van der Waals surface area contributed by atoms with Gasteiger partial charge in [0.1, 0.15) is 5.65 Å². The van der Waals surface area contributed by atoms with Crippen LogP contribution in [0.1, 0.15) is 20.7 Å². The van der Waals surface area contributed by atoms with Crippen molar-refractivity contribution in [3.05, 3.63) is 67.4 Å². The highest BCUT2D eigenvalue weighted by molar-refractivity contribution is 6.37. The molecule has 26 heavy (non-hydrogen) atoms. The Balaban J connectivity index is 2.05. The number of nitrogens with zero attached hydrogens (tertiary/aromatic N) is 4. The molecule has 0 aliphatic carbocycles. The van der Waals surface area contributed by atoms with Gasteiger partial charge < -0.3 is 0 Å². The summed E-state index contributed by atoms with van der Waals surface area (Å²) in [5.41, 5.74) is -0.890. The number of rotatable bonds is 1. The maximum Gasteiger partial charge on any atom is 0.332 e. The van der Waals surface area contributed by atoms with Gasteiger partial charge in [-0.3, -0.25) is 23.5 Å². The molecule has 0 saturated heterocycles. The number of aromatic nitrogens is 3. The van der Waals surface area contributed by atoms with Gasteiger partial charge in [-0.25, -0.2) is 14.7 Å². The molecule has 130 valence electrons. The second kappa shape index (κ2) is 5.37. The molecule has 1 aliphatic rings. The molecule has 0 bridgehead atoms. The van der Waals surface area contributed by atoms with Crippen molar-refractivity contribution in [2.45, 2.75) is 0 Å². The highest BCUT2D eigenvalue weighted by Crippen LogP contribution is 2.31. The van der Waals surface area contributed by atoms with Gasteiger partial charge in [0.15, 0.2) is 0 Å². The van der Waals surface area contributed by atoms with Gasteiger partial charge in [-0.2, -0.15) is 0 Å². The Morgan fingerprint density at radius 2 is 1.58 bits per heavy atom. The molecule has 3 aromatic rings. The van der Waals surface area contributed by atoms with Gasteiger partial charge in [-0.1, -0.05) is 11.6 Å². The molecule has 0 saturated carbocycles. The van der Waals surface area contributed by atoms with Crippen LogP contribution >= 0.6 is 11.6 Å². The third kappa shape index (κ3) is 1.99. The van der Waals surface area contributed by atoms with Crippen LogP contribution in [0.4, 0.5) is 5.69 Å². The topological polar surface area (TPSA) is 94.3 Å². The summed E-state index contributed by atoms with van der Waals surface area (Å²) in [7, 11) is 2.75. The van der Waals surface area contributed by atoms with E-state index in [-0.39, 0.29) is 22.2 Å². The van der Waals surface area contributed by atoms with E-state index in [2.05, 4.69) is 4.98 Å². The molecular formula is C17H11ClN4O4. The molecule has 9 heteroatoms. The number of amides is 2. The number of aryl methyl sites for hydroxylation is 1. The molecule has 0 spiro atoms. The Morgan fingerprint density at radius 1 is 0.923 bits per heavy atom. The lowest BCUT2D eigenvalue weighted by atomic mass is 10.1. The van der Waals surface area contributed by atoms with Gasteiger partial charge in [-0.15, -0.1) is 0 Å². The van der Waals surface area contributed by atoms with Gasteiger partial charge in [0.05, 0.1) is 22.2 Å². The van der Waals surface area contributed by atoms with Gasteiger partial charge in [0.25, 0.3) is 17.4 Å². The summed E-state index contributed by atoms with van der Waals surface area (Å²) in [4.78, 5) is 55.4. The summed E-state index contributed by atoms with van der Waals surface area (Å²) < 4.78 is 2.05. The number of fused-ring (bicyclic) bond motifs is 3. The summed E-state index contributed by atoms with van der Waals surface area (Å²) in [5, 5.41) is 0.406. The number of imide groups is 1. The lowest BCUT2D eigenvalue weighted by Crippen LogP contribution is -2.38. The molecule has 0 atom stereocenters. The highest BCUT2D eigenvalue weighted by Gasteiger charge is 2.40. The van der Waals surface area contributed by atoms with Crippen molar-refractivity contribution in [2.75, 3.05) is 4.90 Å². The fourth-order valence-electron chi connectivity index (χ4n) is 3.06. The molecule has 0 N–H and O–H groups in total. The van der Waals surface area contributed by atoms with Gasteiger partial charge >= 0.3 is 5.69 Å². The van der Waals surface area contributed by atoms with Gasteiger partial charge in [-0.05, 0) is 24.3 Å². The fourth-order valence-corrected chi connectivity index (χ4v) is 3.19. The van der Waals surface area contributed by atoms with Crippen LogP contribution in [0.25, 0.3) is 11.0 Å². The number of anilines is 1. The zero-order valence-electron chi connectivity index (χ0n) is 13.7. The largest absolute Gasteiger partial charge is 0.332 e. The number of carbonyl (C=O) groups excluding carboxylic acids is 2. The minimum Gasteiger partial charge on any atom is -0.280 e. The van der Waals surface area contributed by atoms with Crippen LogP contribution in [-0.2, 0) is 14.1 Å². The molecule has 4 rings (SSSR count). The van der Waals surface area contributed by atoms with Crippen LogP contribution in [-0.4, -0.2) is 25.9 Å². The van der Waals surface area contributed by atoms with E-state index in [1.165, 1.54) is 37.0 Å². The first-order valence-electron chi connectivity index (χ1n) is 7.56. The zero-order chi connectivity index (χ0) is 18.7. The van der Waals surface area contributed by atoms with Crippen LogP contribution in [0.3, 0.4) is 0 Å². The molecule has 2 aromatic heterocycles. The minimum absolute atomic E-state index is 0.0215. The van der Waals surface area contributed by atoms with Crippen molar-refractivity contribution in [3.63, 3.8) is 0 Å².